The van der Waals surface area contributed by atoms with Gasteiger partial charge in [-0.1, -0.05) is 6.07 Å². The molecule has 0 bridgehead atoms. The van der Waals surface area contributed by atoms with E-state index < -0.39 is 21.7 Å². The predicted molar refractivity (Wildman–Crippen MR) is 79.8 cm³/mol. The van der Waals surface area contributed by atoms with Crippen LogP contribution in [0.3, 0.4) is 0 Å². The molecule has 2 aliphatic rings. The van der Waals surface area contributed by atoms with Gasteiger partial charge in [-0.05, 0) is 43.5 Å². The number of hydrogen-bond acceptors (Lipinski definition) is 3. The molecule has 2 fully saturated rings. The molecule has 0 aromatic heterocycles. The van der Waals surface area contributed by atoms with Crippen LogP contribution in [0.25, 0.3) is 0 Å². The van der Waals surface area contributed by atoms with Crippen molar-refractivity contribution in [2.24, 2.45) is 0 Å². The minimum atomic E-state index is -3.12. The highest BCUT2D eigenvalue weighted by molar-refractivity contribution is 7.90. The molecule has 1 aromatic carbocycles. The second-order valence-corrected chi connectivity index (χ2v) is 8.23. The maximum Gasteiger partial charge on any atom is 0.217 e. The van der Waals surface area contributed by atoms with Crippen molar-refractivity contribution in [2.75, 3.05) is 26.2 Å². The van der Waals surface area contributed by atoms with Crippen molar-refractivity contribution in [3.63, 3.8) is 0 Å². The second-order valence-electron chi connectivity index (χ2n) is 6.02. The van der Waals surface area contributed by atoms with Gasteiger partial charge in [0, 0.05) is 26.2 Å². The lowest BCUT2D eigenvalue weighted by atomic mass is 10.2. The van der Waals surface area contributed by atoms with Gasteiger partial charge in [-0.3, -0.25) is 4.90 Å². The molecule has 1 aliphatic heterocycles. The summed E-state index contributed by atoms with van der Waals surface area (Å²) in [5.74, 6) is -1.69. The van der Waals surface area contributed by atoms with Crippen molar-refractivity contribution in [1.29, 1.82) is 0 Å². The Bertz CT molecular complexity index is 647. The SMILES string of the molecule is O=S(=O)(C1CC1)N1CCCN(Cc2ccc(F)c(F)c2)CC1. The first kappa shape index (κ1) is 15.8. The predicted octanol–water partition coefficient (Wildman–Crippen LogP) is 1.96. The summed E-state index contributed by atoms with van der Waals surface area (Å²) in [6.45, 7) is 2.91. The minimum absolute atomic E-state index is 0.176. The highest BCUT2D eigenvalue weighted by atomic mass is 32.2. The molecule has 0 spiro atoms. The highest BCUT2D eigenvalue weighted by Gasteiger charge is 2.40. The lowest BCUT2D eigenvalue weighted by Gasteiger charge is -2.21. The normalized spacial score (nSPS) is 21.7. The quantitative estimate of drug-likeness (QED) is 0.847. The fourth-order valence-electron chi connectivity index (χ4n) is 2.83. The third-order valence-corrected chi connectivity index (χ3v) is 6.64. The van der Waals surface area contributed by atoms with Crippen LogP contribution in [0, 0.1) is 11.6 Å². The van der Waals surface area contributed by atoms with Crippen LogP contribution in [0.2, 0.25) is 0 Å². The van der Waals surface area contributed by atoms with E-state index in [1.54, 1.807) is 10.4 Å². The van der Waals surface area contributed by atoms with Gasteiger partial charge in [0.15, 0.2) is 11.6 Å². The van der Waals surface area contributed by atoms with Crippen LogP contribution in [-0.2, 0) is 16.6 Å². The van der Waals surface area contributed by atoms with Gasteiger partial charge in [-0.25, -0.2) is 21.5 Å². The van der Waals surface area contributed by atoms with Crippen LogP contribution in [0.1, 0.15) is 24.8 Å². The molecule has 0 radical (unpaired) electrons. The molecule has 0 N–H and O–H groups in total. The van der Waals surface area contributed by atoms with E-state index in [0.29, 0.717) is 31.7 Å². The van der Waals surface area contributed by atoms with Gasteiger partial charge in [0.05, 0.1) is 5.25 Å². The molecule has 1 saturated carbocycles. The molecule has 1 aromatic rings. The molecular formula is C15H20F2N2O2S. The topological polar surface area (TPSA) is 40.6 Å². The molecule has 1 heterocycles. The van der Waals surface area contributed by atoms with Crippen molar-refractivity contribution in [3.05, 3.63) is 35.4 Å². The number of halogens is 2. The van der Waals surface area contributed by atoms with E-state index >= 15 is 0 Å². The van der Waals surface area contributed by atoms with Crippen molar-refractivity contribution < 1.29 is 17.2 Å². The van der Waals surface area contributed by atoms with Crippen LogP contribution in [0.15, 0.2) is 18.2 Å². The molecule has 122 valence electrons. The van der Waals surface area contributed by atoms with E-state index in [1.807, 2.05) is 0 Å². The van der Waals surface area contributed by atoms with Crippen molar-refractivity contribution in [3.8, 4) is 0 Å². The van der Waals surface area contributed by atoms with E-state index in [9.17, 15) is 17.2 Å². The van der Waals surface area contributed by atoms with Crippen LogP contribution in [0.5, 0.6) is 0 Å². The summed E-state index contributed by atoms with van der Waals surface area (Å²) in [5, 5.41) is -0.176. The largest absolute Gasteiger partial charge is 0.298 e. The summed E-state index contributed by atoms with van der Waals surface area (Å²) < 4.78 is 52.3. The van der Waals surface area contributed by atoms with Crippen LogP contribution >= 0.6 is 0 Å². The summed E-state index contributed by atoms with van der Waals surface area (Å²) in [6.07, 6.45) is 2.31. The maximum atomic E-state index is 13.2. The first-order valence-corrected chi connectivity index (χ1v) is 9.12. The van der Waals surface area contributed by atoms with E-state index in [-0.39, 0.29) is 5.25 Å². The summed E-state index contributed by atoms with van der Waals surface area (Å²) in [7, 11) is -3.12. The molecule has 1 saturated heterocycles. The Hall–Kier alpha value is -1.05. The fraction of sp³-hybridized carbons (Fsp3) is 0.600. The van der Waals surface area contributed by atoms with Gasteiger partial charge in [0.1, 0.15) is 0 Å². The zero-order valence-electron chi connectivity index (χ0n) is 12.3. The average molecular weight is 330 g/mol. The van der Waals surface area contributed by atoms with Gasteiger partial charge < -0.3 is 0 Å². The zero-order valence-corrected chi connectivity index (χ0v) is 13.2. The number of sulfonamides is 1. The second kappa shape index (κ2) is 6.22. The zero-order chi connectivity index (χ0) is 15.7. The molecule has 7 heteroatoms. The summed E-state index contributed by atoms with van der Waals surface area (Å²) in [5.41, 5.74) is 0.706. The van der Waals surface area contributed by atoms with Gasteiger partial charge in [-0.15, -0.1) is 0 Å². The molecule has 3 rings (SSSR count). The summed E-state index contributed by atoms with van der Waals surface area (Å²) >= 11 is 0. The lowest BCUT2D eigenvalue weighted by Crippen LogP contribution is -2.37. The maximum absolute atomic E-state index is 13.2. The Morgan fingerprint density at radius 2 is 1.82 bits per heavy atom. The van der Waals surface area contributed by atoms with Gasteiger partial charge in [0.2, 0.25) is 10.0 Å². The van der Waals surface area contributed by atoms with Crippen LogP contribution in [-0.4, -0.2) is 49.1 Å². The molecule has 1 aliphatic carbocycles. The molecule has 0 atom stereocenters. The van der Waals surface area contributed by atoms with Gasteiger partial charge >= 0.3 is 0 Å². The first-order chi connectivity index (χ1) is 10.5. The van der Waals surface area contributed by atoms with E-state index in [4.69, 9.17) is 0 Å². The van der Waals surface area contributed by atoms with Gasteiger partial charge in [-0.2, -0.15) is 0 Å². The van der Waals surface area contributed by atoms with Crippen molar-refractivity contribution >= 4 is 10.0 Å². The molecule has 0 unspecified atom stereocenters. The number of hydrogen-bond donors (Lipinski definition) is 0. The Morgan fingerprint density at radius 3 is 2.50 bits per heavy atom. The number of rotatable bonds is 4. The summed E-state index contributed by atoms with van der Waals surface area (Å²) in [6, 6.07) is 3.91. The van der Waals surface area contributed by atoms with Crippen LogP contribution in [0.4, 0.5) is 8.78 Å². The van der Waals surface area contributed by atoms with Gasteiger partial charge in [0.25, 0.3) is 0 Å². The third kappa shape index (κ3) is 3.47. The molecular weight excluding hydrogens is 310 g/mol. The third-order valence-electron chi connectivity index (χ3n) is 4.24. The monoisotopic (exact) mass is 330 g/mol. The highest BCUT2D eigenvalue weighted by Crippen LogP contribution is 2.31. The Kier molecular flexibility index (Phi) is 4.47. The molecule has 22 heavy (non-hydrogen) atoms. The summed E-state index contributed by atoms with van der Waals surface area (Å²) in [4.78, 5) is 2.09. The van der Waals surface area contributed by atoms with E-state index in [0.717, 1.165) is 31.9 Å². The Balaban J connectivity index is 1.61. The molecule has 0 amide bonds. The number of nitrogens with zero attached hydrogens (tertiary/aromatic N) is 2. The smallest absolute Gasteiger partial charge is 0.217 e. The van der Waals surface area contributed by atoms with Crippen molar-refractivity contribution in [2.45, 2.75) is 31.1 Å². The first-order valence-electron chi connectivity index (χ1n) is 7.62. The fourth-order valence-corrected chi connectivity index (χ4v) is 4.71. The molecule has 4 nitrogen and oxygen atoms in total. The van der Waals surface area contributed by atoms with E-state index in [2.05, 4.69) is 4.90 Å². The lowest BCUT2D eigenvalue weighted by molar-refractivity contribution is 0.278. The number of benzene rings is 1. The minimum Gasteiger partial charge on any atom is -0.298 e. The van der Waals surface area contributed by atoms with Crippen molar-refractivity contribution in [1.82, 2.24) is 9.21 Å². The standard InChI is InChI=1S/C15H20F2N2O2S/c16-14-5-2-12(10-15(14)17)11-18-6-1-7-19(9-8-18)22(20,21)13-3-4-13/h2,5,10,13H,1,3-4,6-9,11H2. The Morgan fingerprint density at radius 1 is 1.05 bits per heavy atom. The average Bonchev–Trinajstić information content (AvgIpc) is 3.30. The Labute approximate surface area is 129 Å². The van der Waals surface area contributed by atoms with E-state index in [1.165, 1.54) is 6.07 Å². The van der Waals surface area contributed by atoms with Crippen LogP contribution < -0.4 is 0 Å².